The van der Waals surface area contributed by atoms with Gasteiger partial charge in [0.25, 0.3) is 0 Å². The molecule has 1 heterocycles. The van der Waals surface area contributed by atoms with Crippen LogP contribution in [0.4, 0.5) is 15.8 Å². The van der Waals surface area contributed by atoms with E-state index in [-0.39, 0.29) is 23.6 Å². The van der Waals surface area contributed by atoms with E-state index in [4.69, 9.17) is 0 Å². The maximum atomic E-state index is 13.4. The number of hydrogen-bond acceptors (Lipinski definition) is 2. The van der Waals surface area contributed by atoms with Crippen LogP contribution in [-0.2, 0) is 4.79 Å². The molecule has 1 aliphatic rings. The van der Waals surface area contributed by atoms with Gasteiger partial charge in [0.1, 0.15) is 5.82 Å². The Morgan fingerprint density at radius 3 is 2.76 bits per heavy atom. The van der Waals surface area contributed by atoms with Crippen LogP contribution in [0.25, 0.3) is 0 Å². The third-order valence-corrected chi connectivity index (χ3v) is 3.58. The van der Waals surface area contributed by atoms with E-state index in [0.717, 1.165) is 0 Å². The van der Waals surface area contributed by atoms with Crippen molar-refractivity contribution in [2.75, 3.05) is 17.2 Å². The zero-order valence-electron chi connectivity index (χ0n) is 9.68. The Morgan fingerprint density at radius 1 is 1.41 bits per heavy atom. The number of halogens is 2. The molecule has 1 aromatic rings. The lowest BCUT2D eigenvalue weighted by Crippen LogP contribution is -2.29. The smallest absolute Gasteiger partial charge is 0.229 e. The van der Waals surface area contributed by atoms with Crippen LogP contribution in [0.2, 0.25) is 0 Å². The van der Waals surface area contributed by atoms with E-state index < -0.39 is 0 Å². The number of nitrogens with one attached hydrogen (secondary N) is 2. The molecule has 1 atom stereocenters. The third kappa shape index (κ3) is 2.44. The van der Waals surface area contributed by atoms with E-state index >= 15 is 0 Å². The number of hydrogen-bond donors (Lipinski definition) is 2. The van der Waals surface area contributed by atoms with Crippen LogP contribution in [0.5, 0.6) is 0 Å². The molecule has 1 aliphatic heterocycles. The van der Waals surface area contributed by atoms with Crippen molar-refractivity contribution in [3.63, 3.8) is 0 Å². The minimum atomic E-state index is -0.339. The minimum absolute atomic E-state index is 0.0234. The normalized spacial score (nSPS) is 19.4. The van der Waals surface area contributed by atoms with Crippen molar-refractivity contribution in [3.8, 4) is 0 Å². The lowest BCUT2D eigenvalue weighted by atomic mass is 9.95. The third-order valence-electron chi connectivity index (χ3n) is 2.97. The monoisotopic (exact) mass is 300 g/mol. The van der Waals surface area contributed by atoms with Gasteiger partial charge in [0.15, 0.2) is 0 Å². The van der Waals surface area contributed by atoms with Crippen LogP contribution < -0.4 is 10.6 Å². The molecule has 0 saturated heterocycles. The van der Waals surface area contributed by atoms with Gasteiger partial charge in [-0.15, -0.1) is 0 Å². The molecule has 0 spiro atoms. The van der Waals surface area contributed by atoms with E-state index in [1.807, 2.05) is 13.8 Å². The Morgan fingerprint density at radius 2 is 2.12 bits per heavy atom. The van der Waals surface area contributed by atoms with Gasteiger partial charge in [-0.05, 0) is 27.9 Å². The molecule has 0 radical (unpaired) electrons. The van der Waals surface area contributed by atoms with Gasteiger partial charge in [0.05, 0.1) is 21.8 Å². The van der Waals surface area contributed by atoms with Gasteiger partial charge in [0.2, 0.25) is 5.91 Å². The highest BCUT2D eigenvalue weighted by Crippen LogP contribution is 2.32. The van der Waals surface area contributed by atoms with E-state index in [9.17, 15) is 9.18 Å². The van der Waals surface area contributed by atoms with Gasteiger partial charge in [0, 0.05) is 12.6 Å². The van der Waals surface area contributed by atoms with Crippen molar-refractivity contribution in [3.05, 3.63) is 22.4 Å². The standard InChI is InChI=1S/C12H14BrFN2O/c1-6(2)7-5-15-10-4-9(14)8(13)3-11(10)16-12(7)17/h3-4,6-7,15H,5H2,1-2H3,(H,16,17). The van der Waals surface area contributed by atoms with Crippen molar-refractivity contribution < 1.29 is 9.18 Å². The van der Waals surface area contributed by atoms with Crippen molar-refractivity contribution in [2.45, 2.75) is 13.8 Å². The highest BCUT2D eigenvalue weighted by molar-refractivity contribution is 9.10. The summed E-state index contributed by atoms with van der Waals surface area (Å²) in [6.45, 7) is 4.52. The summed E-state index contributed by atoms with van der Waals surface area (Å²) in [7, 11) is 0. The summed E-state index contributed by atoms with van der Waals surface area (Å²) in [5.41, 5.74) is 1.24. The Bertz CT molecular complexity index is 462. The molecule has 0 aromatic heterocycles. The van der Waals surface area contributed by atoms with Gasteiger partial charge < -0.3 is 10.6 Å². The van der Waals surface area contributed by atoms with Crippen LogP contribution in [0.3, 0.4) is 0 Å². The van der Waals surface area contributed by atoms with Crippen molar-refractivity contribution in [1.82, 2.24) is 0 Å². The van der Waals surface area contributed by atoms with E-state index in [1.54, 1.807) is 6.07 Å². The van der Waals surface area contributed by atoms with Crippen LogP contribution in [0.15, 0.2) is 16.6 Å². The first-order valence-corrected chi connectivity index (χ1v) is 6.32. The Hall–Kier alpha value is -1.10. The first-order valence-electron chi connectivity index (χ1n) is 5.53. The quantitative estimate of drug-likeness (QED) is 0.836. The van der Waals surface area contributed by atoms with Crippen LogP contribution in [0.1, 0.15) is 13.8 Å². The first-order chi connectivity index (χ1) is 7.99. The second-order valence-electron chi connectivity index (χ2n) is 4.53. The zero-order valence-corrected chi connectivity index (χ0v) is 11.3. The molecule has 1 unspecified atom stereocenters. The number of carbonyl (C=O) groups excluding carboxylic acids is 1. The Kier molecular flexibility index (Phi) is 3.38. The molecule has 17 heavy (non-hydrogen) atoms. The number of rotatable bonds is 1. The van der Waals surface area contributed by atoms with Gasteiger partial charge in [-0.3, -0.25) is 4.79 Å². The van der Waals surface area contributed by atoms with Crippen LogP contribution in [-0.4, -0.2) is 12.5 Å². The summed E-state index contributed by atoms with van der Waals surface area (Å²) in [6, 6.07) is 2.97. The number of amides is 1. The van der Waals surface area contributed by atoms with E-state index in [1.165, 1.54) is 6.07 Å². The van der Waals surface area contributed by atoms with Gasteiger partial charge in [-0.25, -0.2) is 4.39 Å². The second kappa shape index (κ2) is 4.64. The largest absolute Gasteiger partial charge is 0.382 e. The fraction of sp³-hybridized carbons (Fsp3) is 0.417. The molecule has 1 amide bonds. The number of carbonyl (C=O) groups is 1. The Labute approximate surface area is 108 Å². The highest BCUT2D eigenvalue weighted by Gasteiger charge is 2.26. The van der Waals surface area contributed by atoms with E-state index in [2.05, 4.69) is 26.6 Å². The maximum Gasteiger partial charge on any atom is 0.229 e. The van der Waals surface area contributed by atoms with Gasteiger partial charge >= 0.3 is 0 Å². The number of benzene rings is 1. The number of anilines is 2. The predicted octanol–water partition coefficient (Wildman–Crippen LogP) is 3.22. The molecule has 0 fully saturated rings. The lowest BCUT2D eigenvalue weighted by molar-refractivity contribution is -0.120. The molecule has 92 valence electrons. The second-order valence-corrected chi connectivity index (χ2v) is 5.39. The van der Waals surface area contributed by atoms with E-state index in [0.29, 0.717) is 22.4 Å². The zero-order chi connectivity index (χ0) is 12.6. The fourth-order valence-electron chi connectivity index (χ4n) is 1.87. The summed E-state index contributed by atoms with van der Waals surface area (Å²) < 4.78 is 13.7. The fourth-order valence-corrected chi connectivity index (χ4v) is 2.22. The molecule has 0 saturated carbocycles. The molecule has 1 aromatic carbocycles. The number of fused-ring (bicyclic) bond motifs is 1. The lowest BCUT2D eigenvalue weighted by Gasteiger charge is -2.16. The average molecular weight is 301 g/mol. The molecule has 2 N–H and O–H groups in total. The van der Waals surface area contributed by atoms with Crippen molar-refractivity contribution in [2.24, 2.45) is 11.8 Å². The average Bonchev–Trinajstić information content (AvgIpc) is 2.38. The summed E-state index contributed by atoms with van der Waals surface area (Å²) in [5, 5.41) is 5.93. The topological polar surface area (TPSA) is 41.1 Å². The minimum Gasteiger partial charge on any atom is -0.382 e. The summed E-state index contributed by atoms with van der Waals surface area (Å²) >= 11 is 3.11. The summed E-state index contributed by atoms with van der Waals surface area (Å²) in [6.07, 6.45) is 0. The molecule has 2 rings (SSSR count). The van der Waals surface area contributed by atoms with Crippen LogP contribution in [0, 0.1) is 17.7 Å². The molecular formula is C12H14BrFN2O. The van der Waals surface area contributed by atoms with Gasteiger partial charge in [-0.1, -0.05) is 13.8 Å². The van der Waals surface area contributed by atoms with Crippen molar-refractivity contribution in [1.29, 1.82) is 0 Å². The summed E-state index contributed by atoms with van der Waals surface area (Å²) in [4.78, 5) is 12.0. The Balaban J connectivity index is 2.35. The molecule has 3 nitrogen and oxygen atoms in total. The maximum absolute atomic E-state index is 13.4. The molecular weight excluding hydrogens is 287 g/mol. The summed E-state index contributed by atoms with van der Waals surface area (Å²) in [5.74, 6) is -0.229. The van der Waals surface area contributed by atoms with Crippen molar-refractivity contribution >= 4 is 33.2 Å². The predicted molar refractivity (Wildman–Crippen MR) is 69.5 cm³/mol. The molecule has 0 bridgehead atoms. The molecule has 0 aliphatic carbocycles. The molecule has 5 heteroatoms. The first kappa shape index (κ1) is 12.4. The van der Waals surface area contributed by atoms with Gasteiger partial charge in [-0.2, -0.15) is 0 Å². The highest BCUT2D eigenvalue weighted by atomic mass is 79.9. The SMILES string of the molecule is CC(C)C1CNc2cc(F)c(Br)cc2NC1=O. The van der Waals surface area contributed by atoms with Crippen LogP contribution >= 0.6 is 15.9 Å².